The summed E-state index contributed by atoms with van der Waals surface area (Å²) in [6, 6.07) is 11.8. The van der Waals surface area contributed by atoms with Crippen molar-refractivity contribution in [3.63, 3.8) is 0 Å². The molecule has 0 atom stereocenters. The first-order valence-electron chi connectivity index (χ1n) is 9.06. The summed E-state index contributed by atoms with van der Waals surface area (Å²) in [5.74, 6) is 0.719. The van der Waals surface area contributed by atoms with Gasteiger partial charge in [0.2, 0.25) is 0 Å². The van der Waals surface area contributed by atoms with Crippen molar-refractivity contribution >= 4 is 0 Å². The van der Waals surface area contributed by atoms with Crippen molar-refractivity contribution < 1.29 is 10.2 Å². The molecule has 2 heteroatoms. The fourth-order valence-electron chi connectivity index (χ4n) is 3.21. The van der Waals surface area contributed by atoms with Gasteiger partial charge in [0.1, 0.15) is 11.5 Å². The van der Waals surface area contributed by atoms with Crippen molar-refractivity contribution in [3.8, 4) is 11.5 Å². The highest BCUT2D eigenvalue weighted by atomic mass is 16.3. The monoisotopic (exact) mass is 340 g/mol. The van der Waals surface area contributed by atoms with Gasteiger partial charge in [-0.3, -0.25) is 0 Å². The van der Waals surface area contributed by atoms with Gasteiger partial charge in [0.15, 0.2) is 0 Å². The lowest BCUT2D eigenvalue weighted by molar-refractivity contribution is 0.391. The lowest BCUT2D eigenvalue weighted by Gasteiger charge is -2.21. The molecular formula is C23H32O2. The van der Waals surface area contributed by atoms with E-state index in [-0.39, 0.29) is 10.8 Å². The SMILES string of the molecule is CC(C)(C)Cc1cccc(Cc2cccc(CC(C)(C)C)c2O)c1O. The van der Waals surface area contributed by atoms with Crippen molar-refractivity contribution in [3.05, 3.63) is 58.7 Å². The number of phenols is 2. The molecule has 0 bridgehead atoms. The molecule has 25 heavy (non-hydrogen) atoms. The van der Waals surface area contributed by atoms with E-state index in [1.54, 1.807) is 0 Å². The normalized spacial score (nSPS) is 12.4. The molecule has 0 aliphatic carbocycles. The average molecular weight is 341 g/mol. The summed E-state index contributed by atoms with van der Waals surface area (Å²) in [5.41, 5.74) is 3.90. The zero-order chi connectivity index (χ0) is 18.8. The summed E-state index contributed by atoms with van der Waals surface area (Å²) in [4.78, 5) is 0. The molecule has 2 rings (SSSR count). The topological polar surface area (TPSA) is 40.5 Å². The second-order valence-corrected chi connectivity index (χ2v) is 9.50. The summed E-state index contributed by atoms with van der Waals surface area (Å²) in [6.07, 6.45) is 2.18. The molecule has 2 N–H and O–H groups in total. The van der Waals surface area contributed by atoms with Gasteiger partial charge in [-0.25, -0.2) is 0 Å². The predicted molar refractivity (Wildman–Crippen MR) is 105 cm³/mol. The third kappa shape index (κ3) is 5.52. The smallest absolute Gasteiger partial charge is 0.122 e. The second kappa shape index (κ2) is 7.11. The quantitative estimate of drug-likeness (QED) is 0.731. The molecule has 2 nitrogen and oxygen atoms in total. The molecule has 2 aromatic rings. The summed E-state index contributed by atoms with van der Waals surface area (Å²) >= 11 is 0. The molecule has 0 saturated carbocycles. The van der Waals surface area contributed by atoms with Gasteiger partial charge in [-0.05, 0) is 45.9 Å². The third-order valence-electron chi connectivity index (χ3n) is 4.23. The van der Waals surface area contributed by atoms with Crippen LogP contribution in [0, 0.1) is 10.8 Å². The average Bonchev–Trinajstić information content (AvgIpc) is 2.44. The largest absolute Gasteiger partial charge is 0.507 e. The first-order chi connectivity index (χ1) is 11.5. The predicted octanol–water partition coefficient (Wildman–Crippen LogP) is 5.87. The molecular weight excluding hydrogens is 308 g/mol. The summed E-state index contributed by atoms with van der Waals surface area (Å²) in [6.45, 7) is 13.0. The van der Waals surface area contributed by atoms with Crippen LogP contribution in [0.2, 0.25) is 0 Å². The fourth-order valence-corrected chi connectivity index (χ4v) is 3.21. The molecule has 136 valence electrons. The van der Waals surface area contributed by atoms with E-state index < -0.39 is 0 Å². The minimum atomic E-state index is 0.116. The number of aromatic hydroxyl groups is 2. The van der Waals surface area contributed by atoms with E-state index in [0.717, 1.165) is 35.1 Å². The molecule has 0 heterocycles. The van der Waals surface area contributed by atoms with Crippen LogP contribution in [0.3, 0.4) is 0 Å². The van der Waals surface area contributed by atoms with Gasteiger partial charge in [0, 0.05) is 6.42 Å². The molecule has 0 saturated heterocycles. The molecule has 0 aromatic heterocycles. The Kier molecular flexibility index (Phi) is 5.51. The van der Waals surface area contributed by atoms with Gasteiger partial charge in [0.05, 0.1) is 0 Å². The number of hydrogen-bond donors (Lipinski definition) is 2. The Hall–Kier alpha value is -1.96. The van der Waals surface area contributed by atoms with Crippen molar-refractivity contribution in [1.82, 2.24) is 0 Å². The first kappa shape index (κ1) is 19.4. The Balaban J connectivity index is 2.32. The highest BCUT2D eigenvalue weighted by Gasteiger charge is 2.18. The van der Waals surface area contributed by atoms with Crippen molar-refractivity contribution in [2.24, 2.45) is 10.8 Å². The van der Waals surface area contributed by atoms with Crippen molar-refractivity contribution in [2.75, 3.05) is 0 Å². The van der Waals surface area contributed by atoms with E-state index in [1.165, 1.54) is 0 Å². The third-order valence-corrected chi connectivity index (χ3v) is 4.23. The van der Waals surface area contributed by atoms with Gasteiger partial charge >= 0.3 is 0 Å². The number of benzene rings is 2. The maximum Gasteiger partial charge on any atom is 0.122 e. The lowest BCUT2D eigenvalue weighted by Crippen LogP contribution is -2.10. The molecule has 0 radical (unpaired) electrons. The van der Waals surface area contributed by atoms with Crippen LogP contribution in [0.1, 0.15) is 63.8 Å². The Labute approximate surface area is 152 Å². The summed E-state index contributed by atoms with van der Waals surface area (Å²) in [5, 5.41) is 21.4. The van der Waals surface area contributed by atoms with E-state index >= 15 is 0 Å². The summed E-state index contributed by atoms with van der Waals surface area (Å²) < 4.78 is 0. The Morgan fingerprint density at radius 2 is 0.920 bits per heavy atom. The van der Waals surface area contributed by atoms with Crippen LogP contribution in [-0.2, 0) is 19.3 Å². The molecule has 0 spiro atoms. The Morgan fingerprint density at radius 1 is 0.600 bits per heavy atom. The maximum atomic E-state index is 10.7. The van der Waals surface area contributed by atoms with Gasteiger partial charge in [0.25, 0.3) is 0 Å². The highest BCUT2D eigenvalue weighted by molar-refractivity contribution is 5.48. The van der Waals surface area contributed by atoms with Gasteiger partial charge in [-0.15, -0.1) is 0 Å². The fraction of sp³-hybridized carbons (Fsp3) is 0.478. The molecule has 0 fully saturated rings. The zero-order valence-corrected chi connectivity index (χ0v) is 16.5. The van der Waals surface area contributed by atoms with E-state index in [0.29, 0.717) is 17.9 Å². The highest BCUT2D eigenvalue weighted by Crippen LogP contribution is 2.34. The second-order valence-electron chi connectivity index (χ2n) is 9.50. The number of rotatable bonds is 4. The van der Waals surface area contributed by atoms with Gasteiger partial charge < -0.3 is 10.2 Å². The summed E-state index contributed by atoms with van der Waals surface area (Å²) in [7, 11) is 0. The van der Waals surface area contributed by atoms with E-state index in [1.807, 2.05) is 36.4 Å². The van der Waals surface area contributed by atoms with E-state index in [2.05, 4.69) is 41.5 Å². The van der Waals surface area contributed by atoms with Gasteiger partial charge in [-0.2, -0.15) is 0 Å². The Morgan fingerprint density at radius 3 is 1.24 bits per heavy atom. The number of para-hydroxylation sites is 2. The Bertz CT molecular complexity index is 667. The van der Waals surface area contributed by atoms with Crippen LogP contribution in [0.5, 0.6) is 11.5 Å². The molecule has 0 aliphatic rings. The van der Waals surface area contributed by atoms with Crippen LogP contribution >= 0.6 is 0 Å². The maximum absolute atomic E-state index is 10.7. The zero-order valence-electron chi connectivity index (χ0n) is 16.5. The van der Waals surface area contributed by atoms with Crippen LogP contribution in [0.4, 0.5) is 0 Å². The number of hydrogen-bond acceptors (Lipinski definition) is 2. The van der Waals surface area contributed by atoms with Crippen molar-refractivity contribution in [1.29, 1.82) is 0 Å². The van der Waals surface area contributed by atoms with Crippen LogP contribution in [0.25, 0.3) is 0 Å². The van der Waals surface area contributed by atoms with Gasteiger partial charge in [-0.1, -0.05) is 77.9 Å². The lowest BCUT2D eigenvalue weighted by atomic mass is 9.85. The molecule has 0 unspecified atom stereocenters. The van der Waals surface area contributed by atoms with Crippen LogP contribution < -0.4 is 0 Å². The molecule has 2 aromatic carbocycles. The van der Waals surface area contributed by atoms with Crippen LogP contribution in [-0.4, -0.2) is 10.2 Å². The first-order valence-corrected chi connectivity index (χ1v) is 9.06. The van der Waals surface area contributed by atoms with Crippen LogP contribution in [0.15, 0.2) is 36.4 Å². The molecule has 0 aliphatic heterocycles. The standard InChI is InChI=1S/C23H32O2/c1-22(2,3)14-18-11-7-9-16(20(18)24)13-17-10-8-12-19(21(17)25)15-23(4,5)6/h7-12,24-25H,13-15H2,1-6H3. The van der Waals surface area contributed by atoms with Crippen molar-refractivity contribution in [2.45, 2.75) is 60.8 Å². The van der Waals surface area contributed by atoms with E-state index in [4.69, 9.17) is 0 Å². The molecule has 0 amide bonds. The number of phenolic OH excluding ortho intramolecular Hbond substituents is 2. The van der Waals surface area contributed by atoms with E-state index in [9.17, 15) is 10.2 Å². The minimum absolute atomic E-state index is 0.116. The minimum Gasteiger partial charge on any atom is -0.507 e.